The van der Waals surface area contributed by atoms with Gasteiger partial charge in [-0.2, -0.15) is 5.26 Å². The number of hydrogen-bond donors (Lipinski definition) is 0. The third-order valence-electron chi connectivity index (χ3n) is 11.6. The second kappa shape index (κ2) is 11.9. The Labute approximate surface area is 271 Å². The Morgan fingerprint density at radius 1 is 1.13 bits per heavy atom. The number of hydrogen-bond acceptors (Lipinski definition) is 8. The summed E-state index contributed by atoms with van der Waals surface area (Å²) in [5, 5.41) is 9.69. The van der Waals surface area contributed by atoms with Gasteiger partial charge in [-0.05, 0) is 95.0 Å². The molecule has 1 aliphatic carbocycles. The average molecular weight is 629 g/mol. The molecule has 46 heavy (non-hydrogen) atoms. The van der Waals surface area contributed by atoms with Gasteiger partial charge in [0.2, 0.25) is 5.75 Å². The number of pyridine rings is 1. The number of rotatable bonds is 6. The number of piperazine rings is 1. The summed E-state index contributed by atoms with van der Waals surface area (Å²) >= 11 is 0. The summed E-state index contributed by atoms with van der Waals surface area (Å²) in [7, 11) is 0. The number of benzene rings is 1. The minimum absolute atomic E-state index is 0.0732. The number of aryl methyl sites for hydroxylation is 1. The number of carbonyl (C=O) groups is 1. The van der Waals surface area contributed by atoms with Gasteiger partial charge in [0, 0.05) is 30.9 Å². The second-order valence-electron chi connectivity index (χ2n) is 14.3. The number of anilines is 2. The maximum absolute atomic E-state index is 14.3. The fourth-order valence-corrected chi connectivity index (χ4v) is 9.30. The first-order chi connectivity index (χ1) is 22.5. The molecule has 0 bridgehead atoms. The molecule has 2 aromatic rings. The molecule has 3 fully saturated rings. The first-order valence-corrected chi connectivity index (χ1v) is 17.5. The van der Waals surface area contributed by atoms with Crippen molar-refractivity contribution < 1.29 is 18.7 Å². The van der Waals surface area contributed by atoms with Crippen LogP contribution in [0.15, 0.2) is 18.2 Å². The molecule has 5 aliphatic heterocycles. The summed E-state index contributed by atoms with van der Waals surface area (Å²) < 4.78 is 27.5. The number of alkyl halides is 1. The van der Waals surface area contributed by atoms with Crippen LogP contribution in [-0.2, 0) is 30.6 Å². The van der Waals surface area contributed by atoms with E-state index in [1.807, 2.05) is 0 Å². The Balaban J connectivity index is 1.17. The van der Waals surface area contributed by atoms with Crippen LogP contribution in [0.3, 0.4) is 0 Å². The number of ether oxygens (including phenoxy) is 2. The van der Waals surface area contributed by atoms with Gasteiger partial charge in [-0.15, -0.1) is 0 Å². The van der Waals surface area contributed by atoms with Crippen molar-refractivity contribution in [1.82, 2.24) is 14.8 Å². The number of nitrogens with zero attached hydrogens (tertiary/aromatic N) is 6. The fourth-order valence-electron chi connectivity index (χ4n) is 9.30. The fraction of sp³-hybridized carbons (Fsp3) is 0.639. The van der Waals surface area contributed by atoms with E-state index in [9.17, 15) is 14.4 Å². The molecule has 0 saturated carbocycles. The Kier molecular flexibility index (Phi) is 7.71. The minimum atomic E-state index is -1.61. The number of carbonyl (C=O) groups excluding carboxylic acids is 1. The average Bonchev–Trinajstić information content (AvgIpc) is 3.66. The summed E-state index contributed by atoms with van der Waals surface area (Å²) in [4.78, 5) is 27.1. The molecule has 3 atom stereocenters. The lowest BCUT2D eigenvalue weighted by atomic mass is 9.89. The predicted molar refractivity (Wildman–Crippen MR) is 173 cm³/mol. The van der Waals surface area contributed by atoms with Crippen molar-refractivity contribution in [3.8, 4) is 17.7 Å². The van der Waals surface area contributed by atoms with E-state index in [0.717, 1.165) is 63.1 Å². The Hall–Kier alpha value is -3.58. The molecule has 0 N–H and O–H groups in total. The third kappa shape index (κ3) is 4.97. The van der Waals surface area contributed by atoms with Crippen LogP contribution in [-0.4, -0.2) is 90.4 Å². The van der Waals surface area contributed by atoms with E-state index in [1.165, 1.54) is 55.0 Å². The van der Waals surface area contributed by atoms with Crippen LogP contribution in [0.25, 0.3) is 0 Å². The van der Waals surface area contributed by atoms with Gasteiger partial charge in [-0.25, -0.2) is 9.37 Å². The molecular weight excluding hydrogens is 583 g/mol. The topological polar surface area (TPSA) is 85.2 Å². The lowest BCUT2D eigenvalue weighted by molar-refractivity contribution is -0.139. The van der Waals surface area contributed by atoms with E-state index in [-0.39, 0.29) is 18.0 Å². The number of nitriles is 1. The van der Waals surface area contributed by atoms with Gasteiger partial charge in [-0.1, -0.05) is 12.1 Å². The molecule has 8 rings (SSSR count). The number of amides is 1. The van der Waals surface area contributed by atoms with Gasteiger partial charge in [-0.3, -0.25) is 9.69 Å². The van der Waals surface area contributed by atoms with Crippen LogP contribution in [0.4, 0.5) is 15.8 Å². The van der Waals surface area contributed by atoms with Crippen LogP contribution in [0, 0.1) is 11.3 Å². The highest BCUT2D eigenvalue weighted by Crippen LogP contribution is 2.48. The zero-order valence-corrected chi connectivity index (χ0v) is 27.0. The largest absolute Gasteiger partial charge is 0.484 e. The molecule has 1 amide bonds. The van der Waals surface area contributed by atoms with Crippen molar-refractivity contribution in [3.05, 3.63) is 40.6 Å². The van der Waals surface area contributed by atoms with Crippen molar-refractivity contribution in [2.75, 3.05) is 55.7 Å². The van der Waals surface area contributed by atoms with E-state index < -0.39 is 18.1 Å². The first-order valence-electron chi connectivity index (χ1n) is 17.5. The molecule has 0 radical (unpaired) electrons. The van der Waals surface area contributed by atoms with Gasteiger partial charge in [0.25, 0.3) is 11.8 Å². The van der Waals surface area contributed by atoms with Gasteiger partial charge in [0.15, 0.2) is 6.17 Å². The van der Waals surface area contributed by atoms with Crippen LogP contribution in [0.2, 0.25) is 0 Å². The quantitative estimate of drug-likeness (QED) is 0.460. The van der Waals surface area contributed by atoms with Gasteiger partial charge < -0.3 is 24.2 Å². The zero-order valence-electron chi connectivity index (χ0n) is 27.0. The monoisotopic (exact) mass is 628 g/mol. The third-order valence-corrected chi connectivity index (χ3v) is 11.6. The Morgan fingerprint density at radius 3 is 2.76 bits per heavy atom. The van der Waals surface area contributed by atoms with Gasteiger partial charge in [0.05, 0.1) is 48.0 Å². The first kappa shape index (κ1) is 29.8. The minimum Gasteiger partial charge on any atom is -0.484 e. The summed E-state index contributed by atoms with van der Waals surface area (Å²) in [6, 6.07) is 8.48. The molecular formula is C36H45FN6O3. The molecule has 1 aromatic heterocycles. The predicted octanol–water partition coefficient (Wildman–Crippen LogP) is 4.58. The van der Waals surface area contributed by atoms with Crippen molar-refractivity contribution in [3.63, 3.8) is 0 Å². The molecule has 10 heteroatoms. The van der Waals surface area contributed by atoms with Crippen molar-refractivity contribution in [2.45, 2.75) is 101 Å². The molecule has 1 aromatic carbocycles. The summed E-state index contributed by atoms with van der Waals surface area (Å²) in [5.74, 6) is 0.698. The molecule has 6 aliphatic rings. The SMILES string of the molecule is C[C@H](F)C(=O)N1CC2COc3c(OCC45CCCN4CCC5)nc4c(c3N2C[C@@H]1CC#N)CCN(c1cccc2c1CCCC2)C4. The van der Waals surface area contributed by atoms with Crippen LogP contribution in [0.1, 0.15) is 74.3 Å². The highest BCUT2D eigenvalue weighted by atomic mass is 19.1. The highest BCUT2D eigenvalue weighted by Gasteiger charge is 2.47. The summed E-state index contributed by atoms with van der Waals surface area (Å²) in [5.41, 5.74) is 7.54. The molecule has 244 valence electrons. The molecule has 1 unspecified atom stereocenters. The number of fused-ring (bicyclic) bond motifs is 7. The number of halogens is 1. The van der Waals surface area contributed by atoms with Crippen molar-refractivity contribution in [1.29, 1.82) is 5.26 Å². The van der Waals surface area contributed by atoms with Gasteiger partial charge in [0.1, 0.15) is 13.2 Å². The normalized spacial score (nSPS) is 25.4. The molecule has 0 spiro atoms. The lowest BCUT2D eigenvalue weighted by Crippen LogP contribution is -2.64. The van der Waals surface area contributed by atoms with Crippen LogP contribution in [0.5, 0.6) is 11.6 Å². The van der Waals surface area contributed by atoms with Crippen molar-refractivity contribution in [2.24, 2.45) is 0 Å². The number of aromatic nitrogens is 1. The molecule has 3 saturated heterocycles. The highest BCUT2D eigenvalue weighted by molar-refractivity contribution is 5.81. The summed E-state index contributed by atoms with van der Waals surface area (Å²) in [6.07, 6.45) is 8.81. The Morgan fingerprint density at radius 2 is 1.96 bits per heavy atom. The van der Waals surface area contributed by atoms with E-state index in [2.05, 4.69) is 39.0 Å². The van der Waals surface area contributed by atoms with E-state index >= 15 is 0 Å². The standard InChI is InChI=1S/C36H45FN6O3/c1-24(37)35(44)43-20-27-22-45-33-32(42(27)19-26(43)11-15-38)29-12-18-40(31-10-4-8-25-7-2-3-9-28(25)31)21-30(29)39-34(33)46-23-36-13-5-16-41(36)17-6-14-36/h4,8,10,24,26-27H,2-3,5-7,9,11-14,16-23H2,1H3/t24-,26-,27?/m0/s1. The maximum atomic E-state index is 14.3. The Bertz CT molecular complexity index is 1550. The van der Waals surface area contributed by atoms with E-state index in [4.69, 9.17) is 14.5 Å². The van der Waals surface area contributed by atoms with Gasteiger partial charge >= 0.3 is 0 Å². The van der Waals surface area contributed by atoms with E-state index in [1.54, 1.807) is 4.90 Å². The van der Waals surface area contributed by atoms with Crippen molar-refractivity contribution >= 4 is 17.3 Å². The zero-order chi connectivity index (χ0) is 31.4. The maximum Gasteiger partial charge on any atom is 0.259 e. The second-order valence-corrected chi connectivity index (χ2v) is 14.3. The smallest absolute Gasteiger partial charge is 0.259 e. The summed E-state index contributed by atoms with van der Waals surface area (Å²) in [6.45, 7) is 6.85. The molecule has 9 nitrogen and oxygen atoms in total. The van der Waals surface area contributed by atoms with E-state index in [0.29, 0.717) is 44.5 Å². The lowest BCUT2D eigenvalue weighted by Gasteiger charge is -2.50. The van der Waals surface area contributed by atoms with Crippen LogP contribution < -0.4 is 19.3 Å². The molecule has 6 heterocycles. The van der Waals surface area contributed by atoms with Crippen LogP contribution >= 0.6 is 0 Å².